The zero-order valence-electron chi connectivity index (χ0n) is 9.51. The summed E-state index contributed by atoms with van der Waals surface area (Å²) in [5.41, 5.74) is 5.16. The second-order valence-electron chi connectivity index (χ2n) is 4.73. The molecule has 0 amide bonds. The van der Waals surface area contributed by atoms with Crippen LogP contribution in [0.3, 0.4) is 0 Å². The van der Waals surface area contributed by atoms with Crippen LogP contribution in [-0.2, 0) is 12.5 Å². The normalized spacial score (nSPS) is 18.2. The largest absolute Gasteiger partial charge is 0.324 e. The van der Waals surface area contributed by atoms with Crippen molar-refractivity contribution in [2.45, 2.75) is 37.8 Å². The molecule has 1 fully saturated rings. The summed E-state index contributed by atoms with van der Waals surface area (Å²) >= 11 is 3.22. The van der Waals surface area contributed by atoms with Crippen molar-refractivity contribution in [1.82, 2.24) is 9.78 Å². The molecule has 1 heterocycles. The number of hydrogen-bond acceptors (Lipinski definition) is 2. The summed E-state index contributed by atoms with van der Waals surface area (Å²) in [5.74, 6) is -3.10. The van der Waals surface area contributed by atoms with E-state index in [2.05, 4.69) is 27.6 Å². The standard InChI is InChI=1S/C11H14BrF2N3/c1-7(2)11(13,14)8-5-9(12)17(16-8)6-10(15)3-4-10/h5H,1,3-4,6,15H2,2H3. The summed E-state index contributed by atoms with van der Waals surface area (Å²) in [6.07, 6.45) is 1.82. The fourth-order valence-electron chi connectivity index (χ4n) is 1.49. The first kappa shape index (κ1) is 12.7. The van der Waals surface area contributed by atoms with Crippen molar-refractivity contribution in [2.75, 3.05) is 0 Å². The monoisotopic (exact) mass is 305 g/mol. The third-order valence-electron chi connectivity index (χ3n) is 2.95. The first-order chi connectivity index (χ1) is 7.74. The van der Waals surface area contributed by atoms with Gasteiger partial charge in [-0.25, -0.2) is 0 Å². The predicted molar refractivity (Wildman–Crippen MR) is 64.8 cm³/mol. The molecule has 6 heteroatoms. The highest BCUT2D eigenvalue weighted by atomic mass is 79.9. The summed E-state index contributed by atoms with van der Waals surface area (Å²) < 4.78 is 29.4. The highest BCUT2D eigenvalue weighted by molar-refractivity contribution is 9.10. The minimum absolute atomic E-state index is 0.219. The van der Waals surface area contributed by atoms with Crippen LogP contribution < -0.4 is 5.73 Å². The third-order valence-corrected chi connectivity index (χ3v) is 3.58. The van der Waals surface area contributed by atoms with Crippen LogP contribution >= 0.6 is 15.9 Å². The molecule has 1 saturated carbocycles. The Morgan fingerprint density at radius 2 is 2.29 bits per heavy atom. The Hall–Kier alpha value is -0.750. The highest BCUT2D eigenvalue weighted by Crippen LogP contribution is 2.37. The van der Waals surface area contributed by atoms with E-state index < -0.39 is 5.92 Å². The molecule has 0 unspecified atom stereocenters. The molecular weight excluding hydrogens is 292 g/mol. The topological polar surface area (TPSA) is 43.8 Å². The molecule has 1 aromatic rings. The summed E-state index contributed by atoms with van der Waals surface area (Å²) in [6, 6.07) is 1.32. The van der Waals surface area contributed by atoms with Gasteiger partial charge >= 0.3 is 5.92 Å². The molecule has 2 rings (SSSR count). The van der Waals surface area contributed by atoms with Gasteiger partial charge in [0.05, 0.1) is 6.54 Å². The lowest BCUT2D eigenvalue weighted by molar-refractivity contribution is 0.0329. The van der Waals surface area contributed by atoms with Gasteiger partial charge in [-0.1, -0.05) is 6.58 Å². The van der Waals surface area contributed by atoms with Crippen LogP contribution in [0.2, 0.25) is 0 Å². The maximum Gasteiger partial charge on any atom is 0.312 e. The molecule has 0 bridgehead atoms. The van der Waals surface area contributed by atoms with Gasteiger partial charge < -0.3 is 5.73 Å². The molecule has 2 N–H and O–H groups in total. The van der Waals surface area contributed by atoms with Gasteiger partial charge in [0.15, 0.2) is 0 Å². The molecule has 0 radical (unpaired) electrons. The molecule has 3 nitrogen and oxygen atoms in total. The first-order valence-corrected chi connectivity index (χ1v) is 6.10. The van der Waals surface area contributed by atoms with Crippen molar-refractivity contribution in [2.24, 2.45) is 5.73 Å². The van der Waals surface area contributed by atoms with E-state index in [-0.39, 0.29) is 16.8 Å². The van der Waals surface area contributed by atoms with Crippen molar-refractivity contribution >= 4 is 15.9 Å². The number of halogens is 3. The van der Waals surface area contributed by atoms with Crippen molar-refractivity contribution in [3.05, 3.63) is 28.5 Å². The van der Waals surface area contributed by atoms with Crippen LogP contribution in [0.25, 0.3) is 0 Å². The van der Waals surface area contributed by atoms with Gasteiger partial charge in [-0.05, 0) is 41.3 Å². The van der Waals surface area contributed by atoms with E-state index in [9.17, 15) is 8.78 Å². The van der Waals surface area contributed by atoms with Crippen LogP contribution in [0.1, 0.15) is 25.5 Å². The average Bonchev–Trinajstić information content (AvgIpc) is 2.82. The second-order valence-corrected chi connectivity index (χ2v) is 5.54. The van der Waals surface area contributed by atoms with E-state index in [1.54, 1.807) is 0 Å². The fraction of sp³-hybridized carbons (Fsp3) is 0.545. The van der Waals surface area contributed by atoms with Gasteiger partial charge in [-0.3, -0.25) is 4.68 Å². The summed E-state index contributed by atoms with van der Waals surface area (Å²) in [5, 5.41) is 3.91. The summed E-state index contributed by atoms with van der Waals surface area (Å²) in [6.45, 7) is 5.04. The number of allylic oxidation sites excluding steroid dienone is 1. The van der Waals surface area contributed by atoms with E-state index in [1.807, 2.05) is 0 Å². The number of alkyl halides is 2. The second kappa shape index (κ2) is 3.88. The van der Waals surface area contributed by atoms with Gasteiger partial charge in [-0.15, -0.1) is 0 Å². The van der Waals surface area contributed by atoms with Crippen LogP contribution in [0.15, 0.2) is 22.8 Å². The van der Waals surface area contributed by atoms with Gasteiger partial charge in [-0.2, -0.15) is 13.9 Å². The number of nitrogens with zero attached hydrogens (tertiary/aromatic N) is 2. The predicted octanol–water partition coefficient (Wildman–Crippen LogP) is 2.80. The fourth-order valence-corrected chi connectivity index (χ4v) is 1.92. The quantitative estimate of drug-likeness (QED) is 0.869. The van der Waals surface area contributed by atoms with E-state index in [0.717, 1.165) is 12.8 Å². The molecule has 0 spiro atoms. The smallest absolute Gasteiger partial charge is 0.312 e. The van der Waals surface area contributed by atoms with Crippen LogP contribution in [-0.4, -0.2) is 15.3 Å². The van der Waals surface area contributed by atoms with Crippen molar-refractivity contribution in [1.29, 1.82) is 0 Å². The molecule has 17 heavy (non-hydrogen) atoms. The minimum Gasteiger partial charge on any atom is -0.324 e. The van der Waals surface area contributed by atoms with Crippen molar-refractivity contribution in [3.8, 4) is 0 Å². The highest BCUT2D eigenvalue weighted by Gasteiger charge is 2.41. The minimum atomic E-state index is -3.10. The Balaban J connectivity index is 2.27. The maximum absolute atomic E-state index is 13.7. The Morgan fingerprint density at radius 1 is 1.71 bits per heavy atom. The van der Waals surface area contributed by atoms with E-state index in [1.165, 1.54) is 17.7 Å². The summed E-state index contributed by atoms with van der Waals surface area (Å²) in [7, 11) is 0. The van der Waals surface area contributed by atoms with Gasteiger partial charge in [0, 0.05) is 11.6 Å². The Labute approximate surface area is 107 Å². The number of hydrogen-bond donors (Lipinski definition) is 1. The molecule has 0 saturated heterocycles. The molecule has 0 atom stereocenters. The van der Waals surface area contributed by atoms with Crippen LogP contribution in [0.4, 0.5) is 8.78 Å². The third kappa shape index (κ3) is 2.42. The van der Waals surface area contributed by atoms with Gasteiger partial charge in [0.2, 0.25) is 0 Å². The molecule has 1 aliphatic rings. The van der Waals surface area contributed by atoms with E-state index in [0.29, 0.717) is 11.1 Å². The van der Waals surface area contributed by atoms with E-state index in [4.69, 9.17) is 5.73 Å². The van der Waals surface area contributed by atoms with E-state index >= 15 is 0 Å². The molecule has 1 aromatic heterocycles. The van der Waals surface area contributed by atoms with Crippen LogP contribution in [0.5, 0.6) is 0 Å². The maximum atomic E-state index is 13.7. The van der Waals surface area contributed by atoms with Crippen LogP contribution in [0, 0.1) is 0 Å². The Bertz CT molecular complexity index is 463. The molecule has 1 aliphatic carbocycles. The number of nitrogens with two attached hydrogens (primary N) is 1. The summed E-state index contributed by atoms with van der Waals surface area (Å²) in [4.78, 5) is 0. The number of aromatic nitrogens is 2. The lowest BCUT2D eigenvalue weighted by atomic mass is 10.1. The van der Waals surface area contributed by atoms with Gasteiger partial charge in [0.1, 0.15) is 10.3 Å². The molecule has 0 aromatic carbocycles. The molecule has 94 valence electrons. The molecular formula is C11H14BrF2N3. The lowest BCUT2D eigenvalue weighted by Crippen LogP contribution is -2.29. The number of rotatable bonds is 4. The molecule has 0 aliphatic heterocycles. The Morgan fingerprint density at radius 3 is 2.76 bits per heavy atom. The van der Waals surface area contributed by atoms with Gasteiger partial charge in [0.25, 0.3) is 0 Å². The zero-order valence-corrected chi connectivity index (χ0v) is 11.1. The Kier molecular flexibility index (Phi) is 2.90. The zero-order chi connectivity index (χ0) is 12.8. The first-order valence-electron chi connectivity index (χ1n) is 5.31. The SMILES string of the molecule is C=C(C)C(F)(F)c1cc(Br)n(CC2(N)CC2)n1. The average molecular weight is 306 g/mol. The van der Waals surface area contributed by atoms with Crippen molar-refractivity contribution < 1.29 is 8.78 Å². The van der Waals surface area contributed by atoms with Crippen molar-refractivity contribution in [3.63, 3.8) is 0 Å². The lowest BCUT2D eigenvalue weighted by Gasteiger charge is -2.13.